The van der Waals surface area contributed by atoms with Gasteiger partial charge in [-0.05, 0) is 24.1 Å². The smallest absolute Gasteiger partial charge is 0.326 e. The van der Waals surface area contributed by atoms with Crippen molar-refractivity contribution in [2.75, 3.05) is 18.4 Å². The van der Waals surface area contributed by atoms with Crippen LogP contribution in [-0.4, -0.2) is 52.2 Å². The van der Waals surface area contributed by atoms with Gasteiger partial charge in [-0.2, -0.15) is 0 Å². The van der Waals surface area contributed by atoms with Gasteiger partial charge in [-0.3, -0.25) is 4.79 Å². The Balaban J connectivity index is 1.86. The zero-order valence-electron chi connectivity index (χ0n) is 10.9. The minimum atomic E-state index is -1.07. The van der Waals surface area contributed by atoms with Crippen molar-refractivity contribution in [3.8, 4) is 0 Å². The highest BCUT2D eigenvalue weighted by molar-refractivity contribution is 5.98. The lowest BCUT2D eigenvalue weighted by Crippen LogP contribution is -2.40. The lowest BCUT2D eigenvalue weighted by molar-refractivity contribution is -0.141. The molecule has 0 aromatic heterocycles. The Hall–Kier alpha value is -2.08. The van der Waals surface area contributed by atoms with Gasteiger partial charge in [-0.1, -0.05) is 6.07 Å². The molecule has 3 N–H and O–H groups in total. The lowest BCUT2D eigenvalue weighted by Gasteiger charge is -2.21. The Morgan fingerprint density at radius 1 is 1.35 bits per heavy atom. The van der Waals surface area contributed by atoms with Crippen LogP contribution in [0.3, 0.4) is 0 Å². The van der Waals surface area contributed by atoms with Gasteiger partial charge in [0, 0.05) is 30.8 Å². The molecule has 2 atom stereocenters. The van der Waals surface area contributed by atoms with Crippen molar-refractivity contribution in [1.82, 2.24) is 4.90 Å². The second-order valence-corrected chi connectivity index (χ2v) is 5.25. The molecule has 6 nitrogen and oxygen atoms in total. The summed E-state index contributed by atoms with van der Waals surface area (Å²) >= 11 is 0. The first-order valence-corrected chi connectivity index (χ1v) is 6.65. The highest BCUT2D eigenvalue weighted by atomic mass is 16.4. The van der Waals surface area contributed by atoms with Crippen molar-refractivity contribution >= 4 is 17.6 Å². The van der Waals surface area contributed by atoms with Crippen LogP contribution in [-0.2, 0) is 11.2 Å². The number of rotatable bonds is 2. The number of fused-ring (bicyclic) bond motifs is 1. The molecule has 6 heteroatoms. The van der Waals surface area contributed by atoms with Gasteiger partial charge in [0.15, 0.2) is 0 Å². The molecule has 2 heterocycles. The fourth-order valence-electron chi connectivity index (χ4n) is 2.86. The maximum Gasteiger partial charge on any atom is 0.326 e. The molecule has 1 fully saturated rings. The summed E-state index contributed by atoms with van der Waals surface area (Å²) in [5.41, 5.74) is 2.55. The molecule has 0 unspecified atom stereocenters. The van der Waals surface area contributed by atoms with Crippen LogP contribution in [0.15, 0.2) is 18.2 Å². The molecule has 0 radical (unpaired) electrons. The number of nitrogens with zero attached hydrogens (tertiary/aromatic N) is 1. The van der Waals surface area contributed by atoms with Crippen LogP contribution >= 0.6 is 0 Å². The van der Waals surface area contributed by atoms with Gasteiger partial charge in [0.05, 0.1) is 6.10 Å². The number of hydrogen-bond acceptors (Lipinski definition) is 4. The van der Waals surface area contributed by atoms with Crippen LogP contribution in [0.4, 0.5) is 5.69 Å². The molecule has 1 aromatic rings. The first-order chi connectivity index (χ1) is 9.56. The van der Waals surface area contributed by atoms with E-state index in [1.165, 1.54) is 4.90 Å². The summed E-state index contributed by atoms with van der Waals surface area (Å²) < 4.78 is 0. The third kappa shape index (κ3) is 2.12. The second-order valence-electron chi connectivity index (χ2n) is 5.25. The molecular weight excluding hydrogens is 260 g/mol. The Kier molecular flexibility index (Phi) is 3.10. The van der Waals surface area contributed by atoms with Crippen LogP contribution in [0.25, 0.3) is 0 Å². The predicted octanol–water partition coefficient (Wildman–Crippen LogP) is 0.315. The van der Waals surface area contributed by atoms with Gasteiger partial charge in [0.25, 0.3) is 5.91 Å². The zero-order chi connectivity index (χ0) is 14.3. The van der Waals surface area contributed by atoms with E-state index < -0.39 is 18.1 Å². The average Bonchev–Trinajstić information content (AvgIpc) is 3.02. The Labute approximate surface area is 116 Å². The average molecular weight is 276 g/mol. The van der Waals surface area contributed by atoms with Crippen LogP contribution in [0, 0.1) is 0 Å². The maximum absolute atomic E-state index is 12.4. The van der Waals surface area contributed by atoms with Crippen molar-refractivity contribution in [1.29, 1.82) is 0 Å². The molecule has 106 valence electrons. The van der Waals surface area contributed by atoms with Gasteiger partial charge < -0.3 is 20.4 Å². The van der Waals surface area contributed by atoms with Gasteiger partial charge in [0.2, 0.25) is 0 Å². The van der Waals surface area contributed by atoms with E-state index in [1.54, 1.807) is 12.1 Å². The van der Waals surface area contributed by atoms with E-state index in [1.807, 2.05) is 6.07 Å². The Morgan fingerprint density at radius 2 is 2.15 bits per heavy atom. The highest BCUT2D eigenvalue weighted by Gasteiger charge is 2.39. The maximum atomic E-state index is 12.4. The molecule has 0 bridgehead atoms. The molecule has 0 saturated carbocycles. The molecule has 20 heavy (non-hydrogen) atoms. The molecule has 1 saturated heterocycles. The van der Waals surface area contributed by atoms with Crippen LogP contribution in [0.1, 0.15) is 22.3 Å². The molecule has 0 aliphatic carbocycles. The van der Waals surface area contributed by atoms with E-state index in [2.05, 4.69) is 5.32 Å². The number of anilines is 1. The number of aliphatic hydroxyl groups excluding tert-OH is 1. The van der Waals surface area contributed by atoms with Gasteiger partial charge in [-0.15, -0.1) is 0 Å². The lowest BCUT2D eigenvalue weighted by atomic mass is 10.1. The summed E-state index contributed by atoms with van der Waals surface area (Å²) in [6, 6.07) is 4.43. The number of amides is 1. The van der Waals surface area contributed by atoms with E-state index in [4.69, 9.17) is 5.11 Å². The number of nitrogens with one attached hydrogen (secondary N) is 1. The SMILES string of the molecule is O=C(O)[C@@H]1C[C@@H](O)CN1C(=O)c1ccc2c(c1)NCC2. The third-order valence-electron chi connectivity index (χ3n) is 3.89. The number of β-amino-alcohol motifs (C(OH)–C–C–N with tert-alkyl or cyclic N) is 1. The van der Waals surface area contributed by atoms with E-state index in [9.17, 15) is 14.7 Å². The van der Waals surface area contributed by atoms with Crippen molar-refractivity contribution in [3.05, 3.63) is 29.3 Å². The number of benzene rings is 1. The molecule has 3 rings (SSSR count). The largest absolute Gasteiger partial charge is 0.480 e. The van der Waals surface area contributed by atoms with Gasteiger partial charge >= 0.3 is 5.97 Å². The summed E-state index contributed by atoms with van der Waals surface area (Å²) in [4.78, 5) is 24.8. The second kappa shape index (κ2) is 4.79. The molecule has 2 aliphatic rings. The summed E-state index contributed by atoms with van der Waals surface area (Å²) in [7, 11) is 0. The Bertz CT molecular complexity index is 572. The quantitative estimate of drug-likeness (QED) is 0.723. The van der Waals surface area contributed by atoms with Crippen molar-refractivity contribution in [3.63, 3.8) is 0 Å². The van der Waals surface area contributed by atoms with E-state index in [-0.39, 0.29) is 18.9 Å². The van der Waals surface area contributed by atoms with Crippen LogP contribution < -0.4 is 5.32 Å². The number of likely N-dealkylation sites (tertiary alicyclic amines) is 1. The fourth-order valence-corrected chi connectivity index (χ4v) is 2.86. The van der Waals surface area contributed by atoms with E-state index in [0.717, 1.165) is 24.2 Å². The zero-order valence-corrected chi connectivity index (χ0v) is 10.9. The van der Waals surface area contributed by atoms with Crippen molar-refractivity contribution < 1.29 is 19.8 Å². The van der Waals surface area contributed by atoms with Crippen LogP contribution in [0.5, 0.6) is 0 Å². The summed E-state index contributed by atoms with van der Waals surface area (Å²) in [5.74, 6) is -1.42. The first-order valence-electron chi connectivity index (χ1n) is 6.65. The van der Waals surface area contributed by atoms with E-state index in [0.29, 0.717) is 5.56 Å². The fraction of sp³-hybridized carbons (Fsp3) is 0.429. The summed E-state index contributed by atoms with van der Waals surface area (Å²) in [6.45, 7) is 0.924. The molecule has 2 aliphatic heterocycles. The number of aliphatic hydroxyl groups is 1. The third-order valence-corrected chi connectivity index (χ3v) is 3.89. The standard InChI is InChI=1S/C14H16N2O4/c17-10-6-12(14(19)20)16(7-10)13(18)9-2-1-8-3-4-15-11(8)5-9/h1-2,5,10,12,15,17H,3-4,6-7H2,(H,19,20)/t10-,12+/m1/s1. The Morgan fingerprint density at radius 3 is 2.90 bits per heavy atom. The predicted molar refractivity (Wildman–Crippen MR) is 71.7 cm³/mol. The normalized spacial score (nSPS) is 24.4. The van der Waals surface area contributed by atoms with Crippen LogP contribution in [0.2, 0.25) is 0 Å². The minimum Gasteiger partial charge on any atom is -0.480 e. The first kappa shape index (κ1) is 12.9. The number of carbonyl (C=O) groups is 2. The minimum absolute atomic E-state index is 0.0698. The summed E-state index contributed by atoms with van der Waals surface area (Å²) in [5, 5.41) is 21.9. The number of carboxylic acid groups (broad SMARTS) is 1. The monoisotopic (exact) mass is 276 g/mol. The van der Waals surface area contributed by atoms with Gasteiger partial charge in [-0.25, -0.2) is 4.79 Å². The molecular formula is C14H16N2O4. The highest BCUT2D eigenvalue weighted by Crippen LogP contribution is 2.26. The van der Waals surface area contributed by atoms with Crippen molar-refractivity contribution in [2.45, 2.75) is 25.0 Å². The molecule has 1 aromatic carbocycles. The van der Waals surface area contributed by atoms with Gasteiger partial charge in [0.1, 0.15) is 6.04 Å². The number of aliphatic carboxylic acids is 1. The number of carbonyl (C=O) groups excluding carboxylic acids is 1. The number of hydrogen-bond donors (Lipinski definition) is 3. The van der Waals surface area contributed by atoms with Crippen molar-refractivity contribution in [2.24, 2.45) is 0 Å². The topological polar surface area (TPSA) is 89.9 Å². The molecule has 1 amide bonds. The summed E-state index contributed by atoms with van der Waals surface area (Å²) in [6.07, 6.45) is 0.251. The van der Waals surface area contributed by atoms with E-state index >= 15 is 0 Å². The number of carboxylic acids is 1. The molecule has 0 spiro atoms.